The van der Waals surface area contributed by atoms with Crippen LogP contribution in [-0.2, 0) is 5.54 Å². The summed E-state index contributed by atoms with van der Waals surface area (Å²) in [4.78, 5) is 17.2. The third-order valence-corrected chi connectivity index (χ3v) is 5.59. The number of nitrogens with zero attached hydrogens (tertiary/aromatic N) is 2. The Morgan fingerprint density at radius 3 is 2.57 bits per heavy atom. The molecule has 2 aromatic heterocycles. The number of amides is 1. The third kappa shape index (κ3) is 4.94. The predicted molar refractivity (Wildman–Crippen MR) is 103 cm³/mol. The fraction of sp³-hybridized carbons (Fsp3) is 0.571. The predicted octanol–water partition coefficient (Wildman–Crippen LogP) is 4.38. The highest BCUT2D eigenvalue weighted by Gasteiger charge is 2.38. The number of aryl methyl sites for hydroxylation is 1. The molecule has 2 aromatic rings. The molecule has 2 N–H and O–H groups in total. The van der Waals surface area contributed by atoms with Gasteiger partial charge in [-0.3, -0.25) is 14.9 Å². The molecule has 0 unspecified atom stereocenters. The lowest BCUT2D eigenvalue weighted by molar-refractivity contribution is -0.153. The molecule has 2 heterocycles. The number of H-pyrrole nitrogens is 1. The first-order valence-corrected chi connectivity index (χ1v) is 10.2. The number of nitrogens with one attached hydrogen (secondary N) is 2. The Labute approximate surface area is 172 Å². The Morgan fingerprint density at radius 1 is 1.27 bits per heavy atom. The summed E-state index contributed by atoms with van der Waals surface area (Å²) in [5.74, 6) is 0.278. The molecule has 2 aliphatic carbocycles. The molecule has 2 saturated carbocycles. The largest absolute Gasteiger partial charge is 0.484 e. The molecule has 162 valence electrons. The average Bonchev–Trinajstić information content (AvgIpc) is 3.59. The first kappa shape index (κ1) is 20.7. The van der Waals surface area contributed by atoms with Crippen molar-refractivity contribution in [2.45, 2.75) is 63.6 Å². The molecule has 0 spiro atoms. The van der Waals surface area contributed by atoms with Crippen molar-refractivity contribution in [2.75, 3.05) is 6.61 Å². The van der Waals surface area contributed by atoms with Gasteiger partial charge in [0, 0.05) is 23.5 Å². The van der Waals surface area contributed by atoms with E-state index in [9.17, 15) is 18.0 Å². The zero-order chi connectivity index (χ0) is 21.5. The van der Waals surface area contributed by atoms with E-state index in [0.29, 0.717) is 11.5 Å². The van der Waals surface area contributed by atoms with Crippen molar-refractivity contribution >= 4 is 5.91 Å². The zero-order valence-electron chi connectivity index (χ0n) is 17.0. The summed E-state index contributed by atoms with van der Waals surface area (Å²) in [5, 5.41) is 10.2. The maximum Gasteiger partial charge on any atom is 0.422 e. The minimum atomic E-state index is -4.45. The lowest BCUT2D eigenvalue weighted by Crippen LogP contribution is -2.44. The van der Waals surface area contributed by atoms with Crippen LogP contribution < -0.4 is 10.1 Å². The van der Waals surface area contributed by atoms with Crippen LogP contribution in [0, 0.1) is 12.8 Å². The van der Waals surface area contributed by atoms with Gasteiger partial charge in [-0.25, -0.2) is 0 Å². The minimum Gasteiger partial charge on any atom is -0.484 e. The maximum atomic E-state index is 13.0. The molecule has 0 aromatic carbocycles. The summed E-state index contributed by atoms with van der Waals surface area (Å²) in [6.07, 6.45) is 1.74. The van der Waals surface area contributed by atoms with Gasteiger partial charge in [0.25, 0.3) is 5.91 Å². The lowest BCUT2D eigenvalue weighted by atomic mass is 9.90. The highest BCUT2D eigenvalue weighted by Crippen LogP contribution is 2.44. The van der Waals surface area contributed by atoms with Gasteiger partial charge in [0.05, 0.1) is 11.2 Å². The quantitative estimate of drug-likeness (QED) is 0.662. The van der Waals surface area contributed by atoms with Crippen LogP contribution in [-0.4, -0.2) is 33.9 Å². The molecule has 2 fully saturated rings. The number of hydrogen-bond donors (Lipinski definition) is 2. The van der Waals surface area contributed by atoms with Crippen molar-refractivity contribution in [3.05, 3.63) is 41.0 Å². The van der Waals surface area contributed by atoms with Gasteiger partial charge in [-0.2, -0.15) is 18.3 Å². The van der Waals surface area contributed by atoms with E-state index >= 15 is 0 Å². The summed E-state index contributed by atoms with van der Waals surface area (Å²) >= 11 is 0. The second-order valence-corrected chi connectivity index (χ2v) is 8.66. The Kier molecular flexibility index (Phi) is 5.23. The zero-order valence-corrected chi connectivity index (χ0v) is 17.0. The number of aromatic nitrogens is 3. The first-order valence-electron chi connectivity index (χ1n) is 10.2. The summed E-state index contributed by atoms with van der Waals surface area (Å²) < 4.78 is 43.0. The molecule has 1 amide bonds. The molecule has 30 heavy (non-hydrogen) atoms. The molecule has 4 rings (SSSR count). The van der Waals surface area contributed by atoms with Gasteiger partial charge in [0.15, 0.2) is 6.61 Å². The van der Waals surface area contributed by atoms with Crippen molar-refractivity contribution < 1.29 is 22.7 Å². The number of aromatic amines is 1. The monoisotopic (exact) mass is 422 g/mol. The van der Waals surface area contributed by atoms with Crippen molar-refractivity contribution in [3.8, 4) is 5.75 Å². The summed E-state index contributed by atoms with van der Waals surface area (Å²) in [6.45, 7) is 2.40. The van der Waals surface area contributed by atoms with Crippen LogP contribution in [0.4, 0.5) is 13.2 Å². The van der Waals surface area contributed by atoms with Crippen molar-refractivity contribution in [1.82, 2.24) is 20.5 Å². The van der Waals surface area contributed by atoms with Crippen LogP contribution in [0.5, 0.6) is 5.75 Å². The SMILES string of the molecule is Cc1cc([C@@](C)(CC2CC2)NC(=O)c2cc(OCC(F)(F)F)c(C3CC3)cn2)n[nH]1. The lowest BCUT2D eigenvalue weighted by Gasteiger charge is -2.29. The minimum absolute atomic E-state index is 0.0332. The van der Waals surface area contributed by atoms with Crippen LogP contribution in [0.2, 0.25) is 0 Å². The first-order chi connectivity index (χ1) is 14.1. The number of alkyl halides is 3. The van der Waals surface area contributed by atoms with Gasteiger partial charge in [-0.15, -0.1) is 0 Å². The molecule has 2 aliphatic rings. The Balaban J connectivity index is 1.56. The van der Waals surface area contributed by atoms with Gasteiger partial charge in [-0.1, -0.05) is 12.8 Å². The summed E-state index contributed by atoms with van der Waals surface area (Å²) in [5.41, 5.74) is 1.57. The van der Waals surface area contributed by atoms with E-state index < -0.39 is 24.2 Å². The van der Waals surface area contributed by atoms with E-state index in [1.165, 1.54) is 12.3 Å². The normalized spacial score (nSPS) is 18.7. The topological polar surface area (TPSA) is 79.9 Å². The van der Waals surface area contributed by atoms with Crippen LogP contribution in [0.3, 0.4) is 0 Å². The van der Waals surface area contributed by atoms with Crippen LogP contribution >= 0.6 is 0 Å². The van der Waals surface area contributed by atoms with Crippen molar-refractivity contribution in [2.24, 2.45) is 5.92 Å². The van der Waals surface area contributed by atoms with E-state index in [1.807, 2.05) is 19.9 Å². The molecule has 0 saturated heterocycles. The number of carbonyl (C=O) groups is 1. The molecular formula is C21H25F3N4O2. The molecule has 6 nitrogen and oxygen atoms in total. The standard InChI is InChI=1S/C21H25F3N4O2/c1-12-7-18(28-27-12)20(2,9-13-3-4-13)26-19(29)16-8-17(30-11-21(22,23)24)15(10-25-16)14-5-6-14/h7-8,10,13-14H,3-6,9,11H2,1-2H3,(H,26,29)(H,27,28)/t20-/m1/s1. The second kappa shape index (κ2) is 7.59. The number of ether oxygens (including phenoxy) is 1. The smallest absolute Gasteiger partial charge is 0.422 e. The fourth-order valence-electron chi connectivity index (χ4n) is 3.69. The molecule has 0 aliphatic heterocycles. The van der Waals surface area contributed by atoms with Gasteiger partial charge in [-0.05, 0) is 51.0 Å². The second-order valence-electron chi connectivity index (χ2n) is 8.66. The Morgan fingerprint density at radius 2 is 2.00 bits per heavy atom. The molecule has 9 heteroatoms. The van der Waals surface area contributed by atoms with Crippen molar-refractivity contribution in [1.29, 1.82) is 0 Å². The molecule has 0 bridgehead atoms. The number of hydrogen-bond acceptors (Lipinski definition) is 4. The molecular weight excluding hydrogens is 397 g/mol. The molecule has 0 radical (unpaired) electrons. The van der Waals surface area contributed by atoms with Crippen LogP contribution in [0.15, 0.2) is 18.3 Å². The average molecular weight is 422 g/mol. The fourth-order valence-corrected chi connectivity index (χ4v) is 3.69. The Hall–Kier alpha value is -2.58. The number of rotatable bonds is 8. The van der Waals surface area contributed by atoms with E-state index in [4.69, 9.17) is 4.74 Å². The van der Waals surface area contributed by atoms with Gasteiger partial charge < -0.3 is 10.1 Å². The van der Waals surface area contributed by atoms with E-state index in [2.05, 4.69) is 20.5 Å². The maximum absolute atomic E-state index is 13.0. The number of carbonyl (C=O) groups excluding carboxylic acids is 1. The highest BCUT2D eigenvalue weighted by molar-refractivity contribution is 5.93. The number of pyridine rings is 1. The highest BCUT2D eigenvalue weighted by atomic mass is 19.4. The van der Waals surface area contributed by atoms with Gasteiger partial charge in [0.1, 0.15) is 11.4 Å². The van der Waals surface area contributed by atoms with Crippen LogP contribution in [0.25, 0.3) is 0 Å². The van der Waals surface area contributed by atoms with Crippen molar-refractivity contribution in [3.63, 3.8) is 0 Å². The van der Waals surface area contributed by atoms with Gasteiger partial charge in [0.2, 0.25) is 0 Å². The van der Waals surface area contributed by atoms with Crippen LogP contribution in [0.1, 0.15) is 72.4 Å². The third-order valence-electron chi connectivity index (χ3n) is 5.59. The van der Waals surface area contributed by atoms with Gasteiger partial charge >= 0.3 is 6.18 Å². The Bertz CT molecular complexity index is 935. The summed E-state index contributed by atoms with van der Waals surface area (Å²) in [7, 11) is 0. The van der Waals surface area contributed by atoms with E-state index in [1.54, 1.807) is 0 Å². The summed E-state index contributed by atoms with van der Waals surface area (Å²) in [6, 6.07) is 3.21. The number of halogens is 3. The van der Waals surface area contributed by atoms with E-state index in [-0.39, 0.29) is 17.4 Å². The molecule has 1 atom stereocenters. The van der Waals surface area contributed by atoms with E-state index in [0.717, 1.165) is 43.5 Å².